The van der Waals surface area contributed by atoms with Crippen LogP contribution in [0.15, 0.2) is 0 Å². The van der Waals surface area contributed by atoms with E-state index in [0.717, 1.165) is 12.5 Å². The smallest absolute Gasteiger partial charge is 0.00360 e. The topological polar surface area (TPSA) is 26.0 Å². The van der Waals surface area contributed by atoms with E-state index in [1.54, 1.807) is 0 Å². The van der Waals surface area contributed by atoms with E-state index in [-0.39, 0.29) is 0 Å². The van der Waals surface area contributed by atoms with Crippen LogP contribution in [-0.4, -0.2) is 15.4 Å². The fourth-order valence-electron chi connectivity index (χ4n) is 0.412. The molecular weight excluding hydrogens is 328 g/mol. The van der Waals surface area contributed by atoms with Crippen molar-refractivity contribution in [3.05, 3.63) is 0 Å². The quantitative estimate of drug-likeness (QED) is 0.614. The summed E-state index contributed by atoms with van der Waals surface area (Å²) in [4.78, 5) is 0. The van der Waals surface area contributed by atoms with E-state index in [0.29, 0.717) is 0 Å². The van der Waals surface area contributed by atoms with Gasteiger partial charge in [-0.15, -0.1) is 0 Å². The lowest BCUT2D eigenvalue weighted by molar-refractivity contribution is 0.603. The molecule has 0 amide bonds. The SMILES string of the molecule is NCC(CI)CCI. The van der Waals surface area contributed by atoms with Crippen molar-refractivity contribution < 1.29 is 0 Å². The van der Waals surface area contributed by atoms with Gasteiger partial charge in [0.05, 0.1) is 0 Å². The van der Waals surface area contributed by atoms with Crippen molar-refractivity contribution in [1.82, 2.24) is 0 Å². The Labute approximate surface area is 78.1 Å². The first kappa shape index (κ1) is 9.42. The molecule has 3 heteroatoms. The summed E-state index contributed by atoms with van der Waals surface area (Å²) in [6.45, 7) is 0.853. The predicted molar refractivity (Wildman–Crippen MR) is 54.9 cm³/mol. The molecule has 1 unspecified atom stereocenters. The van der Waals surface area contributed by atoms with Crippen molar-refractivity contribution in [3.8, 4) is 0 Å². The second-order valence-electron chi connectivity index (χ2n) is 1.73. The Bertz CT molecular complexity index is 45.7. The molecule has 0 fully saturated rings. The zero-order valence-electron chi connectivity index (χ0n) is 4.74. The van der Waals surface area contributed by atoms with Gasteiger partial charge in [-0.25, -0.2) is 0 Å². The van der Waals surface area contributed by atoms with Crippen molar-refractivity contribution in [3.63, 3.8) is 0 Å². The van der Waals surface area contributed by atoms with E-state index < -0.39 is 0 Å². The van der Waals surface area contributed by atoms with Crippen LogP contribution in [0.4, 0.5) is 0 Å². The van der Waals surface area contributed by atoms with Gasteiger partial charge in [0.25, 0.3) is 0 Å². The van der Waals surface area contributed by atoms with Gasteiger partial charge in [0, 0.05) is 4.43 Å². The fourth-order valence-corrected chi connectivity index (χ4v) is 2.09. The van der Waals surface area contributed by atoms with Gasteiger partial charge in [0.15, 0.2) is 0 Å². The van der Waals surface area contributed by atoms with E-state index in [1.165, 1.54) is 15.3 Å². The first-order chi connectivity index (χ1) is 3.85. The third-order valence-electron chi connectivity index (χ3n) is 1.07. The lowest BCUT2D eigenvalue weighted by atomic mass is 10.1. The van der Waals surface area contributed by atoms with Gasteiger partial charge in [-0.2, -0.15) is 0 Å². The van der Waals surface area contributed by atoms with Gasteiger partial charge >= 0.3 is 0 Å². The largest absolute Gasteiger partial charge is 0.330 e. The Balaban J connectivity index is 3.07. The van der Waals surface area contributed by atoms with Gasteiger partial charge in [-0.05, 0) is 23.3 Å². The van der Waals surface area contributed by atoms with E-state index in [1.807, 2.05) is 0 Å². The molecule has 0 radical (unpaired) electrons. The zero-order chi connectivity index (χ0) is 6.41. The lowest BCUT2D eigenvalue weighted by Crippen LogP contribution is -2.15. The minimum Gasteiger partial charge on any atom is -0.330 e. The summed E-state index contributed by atoms with van der Waals surface area (Å²) in [5, 5.41) is 0. The maximum atomic E-state index is 5.46. The second-order valence-corrected chi connectivity index (χ2v) is 3.69. The molecule has 50 valence electrons. The van der Waals surface area contributed by atoms with Crippen LogP contribution in [0.2, 0.25) is 0 Å². The van der Waals surface area contributed by atoms with Crippen LogP contribution in [-0.2, 0) is 0 Å². The highest BCUT2D eigenvalue weighted by Crippen LogP contribution is 2.06. The summed E-state index contributed by atoms with van der Waals surface area (Å²) in [7, 11) is 0. The Morgan fingerprint density at radius 1 is 1.38 bits per heavy atom. The van der Waals surface area contributed by atoms with Crippen LogP contribution in [0.5, 0.6) is 0 Å². The summed E-state index contributed by atoms with van der Waals surface area (Å²) < 4.78 is 2.44. The first-order valence-electron chi connectivity index (χ1n) is 2.67. The first-order valence-corrected chi connectivity index (χ1v) is 5.72. The van der Waals surface area contributed by atoms with Crippen LogP contribution in [0.1, 0.15) is 6.42 Å². The van der Waals surface area contributed by atoms with E-state index in [2.05, 4.69) is 45.2 Å². The zero-order valence-corrected chi connectivity index (χ0v) is 9.05. The molecule has 0 spiro atoms. The highest BCUT2D eigenvalue weighted by atomic mass is 127. The van der Waals surface area contributed by atoms with Gasteiger partial charge in [0.2, 0.25) is 0 Å². The summed E-state index contributed by atoms with van der Waals surface area (Å²) in [6.07, 6.45) is 1.28. The normalized spacial score (nSPS) is 13.9. The van der Waals surface area contributed by atoms with Gasteiger partial charge in [0.1, 0.15) is 0 Å². The summed E-state index contributed by atoms with van der Waals surface area (Å²) in [5.41, 5.74) is 5.46. The molecule has 0 aliphatic heterocycles. The third-order valence-corrected chi connectivity index (χ3v) is 2.94. The summed E-state index contributed by atoms with van der Waals surface area (Å²) in [6, 6.07) is 0. The third kappa shape index (κ3) is 4.31. The molecule has 1 nitrogen and oxygen atoms in total. The van der Waals surface area contributed by atoms with Crippen LogP contribution in [0, 0.1) is 5.92 Å². The molecule has 0 rings (SSSR count). The van der Waals surface area contributed by atoms with Gasteiger partial charge < -0.3 is 5.73 Å². The van der Waals surface area contributed by atoms with Gasteiger partial charge in [-0.3, -0.25) is 0 Å². The van der Waals surface area contributed by atoms with E-state index >= 15 is 0 Å². The number of hydrogen-bond donors (Lipinski definition) is 1. The molecule has 0 saturated heterocycles. The highest BCUT2D eigenvalue weighted by molar-refractivity contribution is 14.1. The Morgan fingerprint density at radius 2 is 2.00 bits per heavy atom. The number of rotatable bonds is 4. The molecule has 0 saturated carbocycles. The molecule has 0 bridgehead atoms. The van der Waals surface area contributed by atoms with Crippen LogP contribution in [0.3, 0.4) is 0 Å². The molecule has 0 aromatic rings. The average Bonchev–Trinajstić information content (AvgIpc) is 1.83. The molecule has 1 atom stereocenters. The molecule has 0 aromatic carbocycles. The summed E-state index contributed by atoms with van der Waals surface area (Å²) in [5.74, 6) is 0.757. The number of halogens is 2. The van der Waals surface area contributed by atoms with Gasteiger partial charge in [-0.1, -0.05) is 45.2 Å². The van der Waals surface area contributed by atoms with Crippen LogP contribution in [0.25, 0.3) is 0 Å². The molecular formula is C5H11I2N. The monoisotopic (exact) mass is 339 g/mol. The van der Waals surface area contributed by atoms with Crippen molar-refractivity contribution >= 4 is 45.2 Å². The highest BCUT2D eigenvalue weighted by Gasteiger charge is 2.00. The maximum absolute atomic E-state index is 5.46. The van der Waals surface area contributed by atoms with Crippen molar-refractivity contribution in [2.45, 2.75) is 6.42 Å². The molecule has 0 aliphatic carbocycles. The molecule has 0 aromatic heterocycles. The van der Waals surface area contributed by atoms with Crippen molar-refractivity contribution in [1.29, 1.82) is 0 Å². The fraction of sp³-hybridized carbons (Fsp3) is 1.00. The molecule has 2 N–H and O–H groups in total. The Hall–Kier alpha value is 1.42. The molecule has 0 heterocycles. The van der Waals surface area contributed by atoms with Crippen molar-refractivity contribution in [2.24, 2.45) is 11.7 Å². The lowest BCUT2D eigenvalue weighted by Gasteiger charge is -2.06. The van der Waals surface area contributed by atoms with Crippen molar-refractivity contribution in [2.75, 3.05) is 15.4 Å². The van der Waals surface area contributed by atoms with Crippen LogP contribution >= 0.6 is 45.2 Å². The Morgan fingerprint density at radius 3 is 2.12 bits per heavy atom. The van der Waals surface area contributed by atoms with E-state index in [9.17, 15) is 0 Å². The second kappa shape index (κ2) is 6.54. The average molecular weight is 339 g/mol. The molecule has 0 aliphatic rings. The number of nitrogens with two attached hydrogens (primary N) is 1. The number of hydrogen-bond acceptors (Lipinski definition) is 1. The number of alkyl halides is 2. The minimum atomic E-state index is 0.757. The van der Waals surface area contributed by atoms with E-state index in [4.69, 9.17) is 5.73 Å². The Kier molecular flexibility index (Phi) is 7.70. The van der Waals surface area contributed by atoms with Crippen LogP contribution < -0.4 is 5.73 Å². The summed E-state index contributed by atoms with van der Waals surface area (Å²) >= 11 is 4.78. The predicted octanol–water partition coefficient (Wildman–Crippen LogP) is 1.82. The maximum Gasteiger partial charge on any atom is 0.00360 e. The molecule has 8 heavy (non-hydrogen) atoms. The standard InChI is InChI=1S/C5H11I2N/c6-2-1-5(3-7)4-8/h5H,1-4,8H2. The minimum absolute atomic E-state index is 0.757.